The van der Waals surface area contributed by atoms with Crippen LogP contribution < -0.4 is 4.74 Å². The fourth-order valence-corrected chi connectivity index (χ4v) is 2.31. The fourth-order valence-electron chi connectivity index (χ4n) is 1.97. The van der Waals surface area contributed by atoms with Crippen LogP contribution in [0.5, 0.6) is 5.75 Å². The van der Waals surface area contributed by atoms with E-state index in [0.717, 1.165) is 11.3 Å². The minimum atomic E-state index is -0.0744. The molecule has 110 valence electrons. The van der Waals surface area contributed by atoms with E-state index in [9.17, 15) is 4.79 Å². The summed E-state index contributed by atoms with van der Waals surface area (Å²) >= 11 is 3.29. The molecule has 0 N–H and O–H groups in total. The molecule has 1 aromatic heterocycles. The molecule has 2 rings (SSSR count). The summed E-state index contributed by atoms with van der Waals surface area (Å²) < 4.78 is 5.80. The van der Waals surface area contributed by atoms with Crippen LogP contribution in [-0.2, 0) is 6.54 Å². The predicted molar refractivity (Wildman–Crippen MR) is 85.3 cm³/mol. The van der Waals surface area contributed by atoms with Gasteiger partial charge in [0.2, 0.25) is 0 Å². The molecule has 0 atom stereocenters. The molecule has 0 radical (unpaired) electrons. The highest BCUT2D eigenvalue weighted by Gasteiger charge is 2.16. The van der Waals surface area contributed by atoms with Crippen molar-refractivity contribution in [1.82, 2.24) is 9.88 Å². The Morgan fingerprint density at radius 2 is 1.95 bits per heavy atom. The lowest BCUT2D eigenvalue weighted by Crippen LogP contribution is -2.30. The molecule has 0 saturated carbocycles. The maximum Gasteiger partial charge on any atom is 0.272 e. The van der Waals surface area contributed by atoms with Gasteiger partial charge in [-0.15, -0.1) is 0 Å². The van der Waals surface area contributed by atoms with Gasteiger partial charge >= 0.3 is 0 Å². The van der Waals surface area contributed by atoms with Gasteiger partial charge in [-0.2, -0.15) is 0 Å². The third kappa shape index (κ3) is 4.04. The first-order chi connectivity index (χ1) is 10.1. The first-order valence-corrected chi connectivity index (χ1v) is 7.48. The van der Waals surface area contributed by atoms with Crippen LogP contribution in [0.3, 0.4) is 0 Å². The highest BCUT2D eigenvalue weighted by molar-refractivity contribution is 9.10. The summed E-state index contributed by atoms with van der Waals surface area (Å²) in [6, 6.07) is 13.0. The van der Waals surface area contributed by atoms with E-state index >= 15 is 0 Å². The second kappa shape index (κ2) is 7.22. The zero-order valence-corrected chi connectivity index (χ0v) is 13.6. The van der Waals surface area contributed by atoms with E-state index in [1.54, 1.807) is 24.1 Å². The molecule has 2 aromatic rings. The Morgan fingerprint density at radius 1 is 1.24 bits per heavy atom. The fraction of sp³-hybridized carbons (Fsp3) is 0.250. The van der Waals surface area contributed by atoms with E-state index < -0.39 is 0 Å². The second-order valence-electron chi connectivity index (χ2n) is 4.51. The number of amides is 1. The van der Waals surface area contributed by atoms with E-state index in [2.05, 4.69) is 20.9 Å². The SMILES string of the molecule is CCN(Cc1ccc(OC)cc1)C(=O)c1cccc(Br)n1. The molecule has 0 spiro atoms. The average molecular weight is 349 g/mol. The molecule has 0 unspecified atom stereocenters. The van der Waals surface area contributed by atoms with Crippen molar-refractivity contribution in [3.63, 3.8) is 0 Å². The monoisotopic (exact) mass is 348 g/mol. The molecule has 0 aliphatic heterocycles. The van der Waals surface area contributed by atoms with Gasteiger partial charge < -0.3 is 9.64 Å². The van der Waals surface area contributed by atoms with Gasteiger partial charge in [-0.3, -0.25) is 4.79 Å². The Labute approximate surface area is 132 Å². The lowest BCUT2D eigenvalue weighted by atomic mass is 10.2. The molecule has 5 heteroatoms. The number of benzene rings is 1. The largest absolute Gasteiger partial charge is 0.497 e. The molecule has 0 saturated heterocycles. The summed E-state index contributed by atoms with van der Waals surface area (Å²) in [7, 11) is 1.63. The first kappa shape index (κ1) is 15.5. The predicted octanol–water partition coefficient (Wildman–Crippen LogP) is 3.52. The standard InChI is InChI=1S/C16H17BrN2O2/c1-3-19(11-12-7-9-13(21-2)10-8-12)16(20)14-5-4-6-15(17)18-14/h4-10H,3,11H2,1-2H3. The summed E-state index contributed by atoms with van der Waals surface area (Å²) in [4.78, 5) is 18.5. The normalized spacial score (nSPS) is 10.2. The Balaban J connectivity index is 2.13. The van der Waals surface area contributed by atoms with E-state index in [1.807, 2.05) is 37.3 Å². The van der Waals surface area contributed by atoms with Crippen LogP contribution in [0.25, 0.3) is 0 Å². The van der Waals surface area contributed by atoms with Gasteiger partial charge in [0.25, 0.3) is 5.91 Å². The van der Waals surface area contributed by atoms with Gasteiger partial charge in [-0.25, -0.2) is 4.98 Å². The Bertz CT molecular complexity index is 614. The van der Waals surface area contributed by atoms with Gasteiger partial charge in [0.1, 0.15) is 16.0 Å². The van der Waals surface area contributed by atoms with Crippen LogP contribution in [-0.4, -0.2) is 29.4 Å². The summed E-state index contributed by atoms with van der Waals surface area (Å²) in [6.07, 6.45) is 0. The van der Waals surface area contributed by atoms with Gasteiger partial charge in [-0.05, 0) is 52.7 Å². The Morgan fingerprint density at radius 3 is 2.52 bits per heavy atom. The van der Waals surface area contributed by atoms with Gasteiger partial charge in [0.15, 0.2) is 0 Å². The molecule has 0 aliphatic carbocycles. The van der Waals surface area contributed by atoms with Gasteiger partial charge in [0.05, 0.1) is 7.11 Å². The molecule has 1 amide bonds. The maximum absolute atomic E-state index is 12.5. The zero-order valence-electron chi connectivity index (χ0n) is 12.0. The van der Waals surface area contributed by atoms with E-state index in [4.69, 9.17) is 4.74 Å². The van der Waals surface area contributed by atoms with E-state index in [0.29, 0.717) is 23.4 Å². The van der Waals surface area contributed by atoms with Crippen molar-refractivity contribution < 1.29 is 9.53 Å². The van der Waals surface area contributed by atoms with Crippen molar-refractivity contribution >= 4 is 21.8 Å². The van der Waals surface area contributed by atoms with Crippen LogP contribution >= 0.6 is 15.9 Å². The lowest BCUT2D eigenvalue weighted by molar-refractivity contribution is 0.0746. The van der Waals surface area contributed by atoms with Crippen LogP contribution in [0.2, 0.25) is 0 Å². The number of methoxy groups -OCH3 is 1. The zero-order chi connectivity index (χ0) is 15.2. The Hall–Kier alpha value is -1.88. The minimum absolute atomic E-state index is 0.0744. The van der Waals surface area contributed by atoms with Gasteiger partial charge in [0, 0.05) is 13.1 Å². The summed E-state index contributed by atoms with van der Waals surface area (Å²) in [5.74, 6) is 0.733. The van der Waals surface area contributed by atoms with Crippen LogP contribution in [0, 0.1) is 0 Å². The topological polar surface area (TPSA) is 42.4 Å². The Kier molecular flexibility index (Phi) is 5.33. The number of hydrogen-bond donors (Lipinski definition) is 0. The van der Waals surface area contributed by atoms with Gasteiger partial charge in [-0.1, -0.05) is 18.2 Å². The smallest absolute Gasteiger partial charge is 0.272 e. The number of ether oxygens (including phenoxy) is 1. The second-order valence-corrected chi connectivity index (χ2v) is 5.33. The third-order valence-electron chi connectivity index (χ3n) is 3.14. The lowest BCUT2D eigenvalue weighted by Gasteiger charge is -2.20. The van der Waals surface area contributed by atoms with Crippen LogP contribution in [0.1, 0.15) is 23.0 Å². The molecular formula is C16H17BrN2O2. The quantitative estimate of drug-likeness (QED) is 0.776. The van der Waals surface area contributed by atoms with Crippen LogP contribution in [0.4, 0.5) is 0 Å². The van der Waals surface area contributed by atoms with Crippen molar-refractivity contribution in [2.24, 2.45) is 0 Å². The average Bonchev–Trinajstić information content (AvgIpc) is 2.52. The number of aromatic nitrogens is 1. The first-order valence-electron chi connectivity index (χ1n) is 6.68. The summed E-state index contributed by atoms with van der Waals surface area (Å²) in [6.45, 7) is 3.13. The highest BCUT2D eigenvalue weighted by Crippen LogP contribution is 2.15. The number of rotatable bonds is 5. The highest BCUT2D eigenvalue weighted by atomic mass is 79.9. The molecule has 1 heterocycles. The summed E-state index contributed by atoms with van der Waals surface area (Å²) in [5, 5.41) is 0. The number of nitrogens with zero attached hydrogens (tertiary/aromatic N) is 2. The molecule has 0 aliphatic rings. The summed E-state index contributed by atoms with van der Waals surface area (Å²) in [5.41, 5.74) is 1.50. The number of halogens is 1. The number of carbonyl (C=O) groups excluding carboxylic acids is 1. The third-order valence-corrected chi connectivity index (χ3v) is 3.58. The van der Waals surface area contributed by atoms with Crippen molar-refractivity contribution in [2.75, 3.05) is 13.7 Å². The number of carbonyl (C=O) groups is 1. The maximum atomic E-state index is 12.5. The number of hydrogen-bond acceptors (Lipinski definition) is 3. The molecule has 4 nitrogen and oxygen atoms in total. The molecule has 0 bridgehead atoms. The molecular weight excluding hydrogens is 332 g/mol. The number of pyridine rings is 1. The molecule has 21 heavy (non-hydrogen) atoms. The van der Waals surface area contributed by atoms with Crippen molar-refractivity contribution in [3.8, 4) is 5.75 Å². The van der Waals surface area contributed by atoms with Crippen molar-refractivity contribution in [3.05, 3.63) is 58.3 Å². The minimum Gasteiger partial charge on any atom is -0.497 e. The van der Waals surface area contributed by atoms with E-state index in [-0.39, 0.29) is 5.91 Å². The van der Waals surface area contributed by atoms with E-state index in [1.165, 1.54) is 0 Å². The molecule has 1 aromatic carbocycles. The van der Waals surface area contributed by atoms with Crippen LogP contribution in [0.15, 0.2) is 47.1 Å². The molecule has 0 fully saturated rings. The van der Waals surface area contributed by atoms with Crippen molar-refractivity contribution in [2.45, 2.75) is 13.5 Å². The van der Waals surface area contributed by atoms with Crippen molar-refractivity contribution in [1.29, 1.82) is 0 Å².